The van der Waals surface area contributed by atoms with Crippen molar-refractivity contribution < 1.29 is 9.84 Å². The molecule has 0 amide bonds. The number of H-pyrrole nitrogens is 1. The molecule has 25 heavy (non-hydrogen) atoms. The molecule has 0 aliphatic heterocycles. The number of nitrogens with one attached hydrogen (secondary N) is 2. The maximum atomic E-state index is 11.8. The van der Waals surface area contributed by atoms with Crippen molar-refractivity contribution >= 4 is 12.2 Å². The lowest BCUT2D eigenvalue weighted by Gasteiger charge is -2.04. The van der Waals surface area contributed by atoms with Gasteiger partial charge in [0.2, 0.25) is 5.95 Å². The first-order valence-electron chi connectivity index (χ1n) is 7.48. The molecule has 0 saturated carbocycles. The molecule has 0 bridgehead atoms. The minimum Gasteiger partial charge on any atom is -0.504 e. The van der Waals surface area contributed by atoms with Gasteiger partial charge in [-0.1, -0.05) is 30.3 Å². The van der Waals surface area contributed by atoms with E-state index in [-0.39, 0.29) is 17.3 Å². The lowest BCUT2D eigenvalue weighted by atomic mass is 10.1. The predicted molar refractivity (Wildman–Crippen MR) is 96.2 cm³/mol. The molecule has 1 aromatic heterocycles. The highest BCUT2D eigenvalue weighted by atomic mass is 16.5. The zero-order chi connectivity index (χ0) is 17.6. The molecule has 0 aliphatic rings. The number of hydrogen-bond donors (Lipinski definition) is 3. The third kappa shape index (κ3) is 4.03. The molecule has 0 aliphatic carbocycles. The Hall–Kier alpha value is -3.61. The van der Waals surface area contributed by atoms with Gasteiger partial charge in [0.05, 0.1) is 19.0 Å². The third-order valence-corrected chi connectivity index (χ3v) is 3.40. The number of phenolic OH excluding ortho intramolecular Hbond substituents is 1. The summed E-state index contributed by atoms with van der Waals surface area (Å²) < 4.78 is 4.98. The highest BCUT2D eigenvalue weighted by Crippen LogP contribution is 2.25. The van der Waals surface area contributed by atoms with Crippen molar-refractivity contribution in [2.24, 2.45) is 5.10 Å². The molecule has 1 heterocycles. The molecular weight excluding hydrogens is 320 g/mol. The molecule has 0 spiro atoms. The molecule has 0 atom stereocenters. The fourth-order valence-corrected chi connectivity index (χ4v) is 2.22. The first kappa shape index (κ1) is 16.3. The van der Waals surface area contributed by atoms with Gasteiger partial charge >= 0.3 is 0 Å². The Bertz CT molecular complexity index is 952. The highest BCUT2D eigenvalue weighted by molar-refractivity contribution is 5.81. The quantitative estimate of drug-likeness (QED) is 0.491. The van der Waals surface area contributed by atoms with Gasteiger partial charge in [0.25, 0.3) is 5.56 Å². The number of anilines is 1. The van der Waals surface area contributed by atoms with Crippen LogP contribution in [0.4, 0.5) is 5.95 Å². The van der Waals surface area contributed by atoms with Crippen molar-refractivity contribution in [3.05, 3.63) is 70.5 Å². The van der Waals surface area contributed by atoms with Crippen molar-refractivity contribution in [3.8, 4) is 22.8 Å². The first-order valence-corrected chi connectivity index (χ1v) is 7.48. The number of aromatic nitrogens is 2. The number of benzene rings is 2. The van der Waals surface area contributed by atoms with Gasteiger partial charge in [0, 0.05) is 11.6 Å². The topological polar surface area (TPSA) is 99.6 Å². The minimum atomic E-state index is -0.284. The van der Waals surface area contributed by atoms with Crippen LogP contribution in [0.5, 0.6) is 11.5 Å². The van der Waals surface area contributed by atoms with Gasteiger partial charge in [-0.2, -0.15) is 5.10 Å². The van der Waals surface area contributed by atoms with Crippen LogP contribution in [0.3, 0.4) is 0 Å². The third-order valence-electron chi connectivity index (χ3n) is 3.40. The van der Waals surface area contributed by atoms with Crippen molar-refractivity contribution in [2.45, 2.75) is 0 Å². The number of rotatable bonds is 5. The Morgan fingerprint density at radius 1 is 1.20 bits per heavy atom. The fraction of sp³-hybridized carbons (Fsp3) is 0.0556. The summed E-state index contributed by atoms with van der Waals surface area (Å²) in [7, 11) is 1.48. The monoisotopic (exact) mass is 336 g/mol. The van der Waals surface area contributed by atoms with Crippen molar-refractivity contribution in [1.82, 2.24) is 9.97 Å². The number of methoxy groups -OCH3 is 1. The van der Waals surface area contributed by atoms with Crippen molar-refractivity contribution in [2.75, 3.05) is 12.5 Å². The van der Waals surface area contributed by atoms with Crippen LogP contribution >= 0.6 is 0 Å². The number of ether oxygens (including phenoxy) is 1. The molecule has 126 valence electrons. The Labute approximate surface area is 143 Å². The Morgan fingerprint density at radius 2 is 2.00 bits per heavy atom. The Balaban J connectivity index is 1.78. The number of nitrogens with zero attached hydrogens (tertiary/aromatic N) is 2. The van der Waals surface area contributed by atoms with Gasteiger partial charge in [-0.15, -0.1) is 0 Å². The average Bonchev–Trinajstić information content (AvgIpc) is 2.62. The summed E-state index contributed by atoms with van der Waals surface area (Å²) in [4.78, 5) is 18.7. The SMILES string of the molecule is COc1ccc(/C=N/Nc2nc(-c3ccccc3)cc(=O)[nH]2)cc1O. The van der Waals surface area contributed by atoms with Crippen molar-refractivity contribution in [1.29, 1.82) is 0 Å². The van der Waals surface area contributed by atoms with Gasteiger partial charge in [0.1, 0.15) is 0 Å². The van der Waals surface area contributed by atoms with Crippen LogP contribution in [0, 0.1) is 0 Å². The molecule has 0 unspecified atom stereocenters. The van der Waals surface area contributed by atoms with E-state index in [9.17, 15) is 9.90 Å². The van der Waals surface area contributed by atoms with Crippen LogP contribution in [0.2, 0.25) is 0 Å². The second kappa shape index (κ2) is 7.31. The molecule has 0 saturated heterocycles. The molecule has 0 radical (unpaired) electrons. The lowest BCUT2D eigenvalue weighted by Crippen LogP contribution is -2.10. The summed E-state index contributed by atoms with van der Waals surface area (Å²) in [5.74, 6) is 0.621. The zero-order valence-corrected chi connectivity index (χ0v) is 13.4. The van der Waals surface area contributed by atoms with E-state index >= 15 is 0 Å². The van der Waals surface area contributed by atoms with E-state index in [2.05, 4.69) is 20.5 Å². The summed E-state index contributed by atoms with van der Waals surface area (Å²) >= 11 is 0. The maximum Gasteiger partial charge on any atom is 0.252 e. The molecule has 3 N–H and O–H groups in total. The standard InChI is InChI=1S/C18H16N4O3/c1-25-16-8-7-12(9-15(16)23)11-19-22-18-20-14(10-17(24)21-18)13-5-3-2-4-6-13/h2-11,23H,1H3,(H2,20,21,22,24)/b19-11+. The number of phenols is 1. The van der Waals surface area contributed by atoms with E-state index in [4.69, 9.17) is 4.74 Å². The smallest absolute Gasteiger partial charge is 0.252 e. The van der Waals surface area contributed by atoms with E-state index in [0.29, 0.717) is 17.0 Å². The van der Waals surface area contributed by atoms with E-state index in [1.54, 1.807) is 12.1 Å². The van der Waals surface area contributed by atoms with Crippen LogP contribution in [0.15, 0.2) is 64.5 Å². The summed E-state index contributed by atoms with van der Waals surface area (Å²) in [5, 5.41) is 13.8. The summed E-state index contributed by atoms with van der Waals surface area (Å²) in [6, 6.07) is 15.7. The summed E-state index contributed by atoms with van der Waals surface area (Å²) in [6.45, 7) is 0. The molecular formula is C18H16N4O3. The van der Waals surface area contributed by atoms with E-state index < -0.39 is 0 Å². The average molecular weight is 336 g/mol. The minimum absolute atomic E-state index is 0.0176. The van der Waals surface area contributed by atoms with Gasteiger partial charge in [0.15, 0.2) is 11.5 Å². The fourth-order valence-electron chi connectivity index (χ4n) is 2.22. The zero-order valence-electron chi connectivity index (χ0n) is 13.4. The molecule has 2 aromatic carbocycles. The van der Waals surface area contributed by atoms with E-state index in [0.717, 1.165) is 5.56 Å². The number of aromatic hydroxyl groups is 1. The molecule has 3 aromatic rings. The van der Waals surface area contributed by atoms with Gasteiger partial charge in [-0.25, -0.2) is 10.4 Å². The van der Waals surface area contributed by atoms with Gasteiger partial charge in [-0.3, -0.25) is 9.78 Å². The maximum absolute atomic E-state index is 11.8. The van der Waals surface area contributed by atoms with E-state index in [1.807, 2.05) is 30.3 Å². The van der Waals surface area contributed by atoms with Gasteiger partial charge in [-0.05, 0) is 23.8 Å². The van der Waals surface area contributed by atoms with Crippen molar-refractivity contribution in [3.63, 3.8) is 0 Å². The Kier molecular flexibility index (Phi) is 4.75. The molecule has 7 nitrogen and oxygen atoms in total. The van der Waals surface area contributed by atoms with Crippen LogP contribution in [-0.4, -0.2) is 28.4 Å². The molecule has 0 fully saturated rings. The molecule has 7 heteroatoms. The normalized spacial score (nSPS) is 10.8. The second-order valence-electron chi connectivity index (χ2n) is 5.15. The largest absolute Gasteiger partial charge is 0.504 e. The first-order chi connectivity index (χ1) is 12.2. The lowest BCUT2D eigenvalue weighted by molar-refractivity contribution is 0.373. The van der Waals surface area contributed by atoms with E-state index in [1.165, 1.54) is 25.5 Å². The molecule has 3 rings (SSSR count). The Morgan fingerprint density at radius 3 is 2.72 bits per heavy atom. The summed E-state index contributed by atoms with van der Waals surface area (Å²) in [5.41, 5.74) is 4.44. The number of aromatic amines is 1. The van der Waals surface area contributed by atoms with Crippen LogP contribution in [0.25, 0.3) is 11.3 Å². The second-order valence-corrected chi connectivity index (χ2v) is 5.15. The summed E-state index contributed by atoms with van der Waals surface area (Å²) in [6.07, 6.45) is 1.49. The predicted octanol–water partition coefficient (Wildman–Crippen LogP) is 2.60. The number of hydrogen-bond acceptors (Lipinski definition) is 6. The van der Waals surface area contributed by atoms with Gasteiger partial charge < -0.3 is 9.84 Å². The van der Waals surface area contributed by atoms with Crippen LogP contribution < -0.4 is 15.7 Å². The number of hydrazone groups is 1. The van der Waals surface area contributed by atoms with Crippen LogP contribution in [0.1, 0.15) is 5.56 Å². The highest BCUT2D eigenvalue weighted by Gasteiger charge is 2.03. The van der Waals surface area contributed by atoms with Crippen LogP contribution in [-0.2, 0) is 0 Å².